The molecular formula is C16H16ClF3N6O2. The average molecular weight is 417 g/mol. The SMILES string of the molecule is ONC(=Nc1ccc(OC(F)(F)F)cc1)N1CCN(c2nnccc2Cl)CC1. The molecule has 1 aromatic heterocycles. The Morgan fingerprint density at radius 1 is 1.14 bits per heavy atom. The zero-order chi connectivity index (χ0) is 20.1. The Kier molecular flexibility index (Phi) is 6.05. The molecule has 8 nitrogen and oxygen atoms in total. The van der Waals surface area contributed by atoms with E-state index in [0.717, 1.165) is 12.1 Å². The molecule has 1 aliphatic heterocycles. The molecule has 0 aliphatic carbocycles. The molecule has 2 aromatic rings. The van der Waals surface area contributed by atoms with Gasteiger partial charge in [0.2, 0.25) is 5.96 Å². The van der Waals surface area contributed by atoms with E-state index >= 15 is 0 Å². The summed E-state index contributed by atoms with van der Waals surface area (Å²) in [6.45, 7) is 2.15. The van der Waals surface area contributed by atoms with Crippen LogP contribution < -0.4 is 15.1 Å². The van der Waals surface area contributed by atoms with Gasteiger partial charge < -0.3 is 14.5 Å². The van der Waals surface area contributed by atoms with Gasteiger partial charge in [-0.2, -0.15) is 5.10 Å². The molecule has 0 amide bonds. The van der Waals surface area contributed by atoms with E-state index in [1.165, 1.54) is 18.3 Å². The van der Waals surface area contributed by atoms with Crippen LogP contribution in [-0.4, -0.2) is 58.8 Å². The number of ether oxygens (including phenoxy) is 1. The normalized spacial score (nSPS) is 15.5. The van der Waals surface area contributed by atoms with Crippen molar-refractivity contribution in [3.63, 3.8) is 0 Å². The molecule has 0 unspecified atom stereocenters. The van der Waals surface area contributed by atoms with Gasteiger partial charge in [-0.3, -0.25) is 5.21 Å². The standard InChI is InChI=1S/C16H16ClF3N6O2/c17-13-5-6-21-23-14(13)25-7-9-26(10-8-25)15(24-27)22-11-1-3-12(4-2-11)28-16(18,19)20/h1-6,27H,7-10H2,(H,22,24). The Morgan fingerprint density at radius 2 is 1.82 bits per heavy atom. The van der Waals surface area contributed by atoms with Gasteiger partial charge in [-0.1, -0.05) is 11.6 Å². The number of aliphatic imine (C=N–C) groups is 1. The molecule has 0 spiro atoms. The van der Waals surface area contributed by atoms with Gasteiger partial charge in [-0.05, 0) is 30.3 Å². The van der Waals surface area contributed by atoms with E-state index in [2.05, 4.69) is 19.9 Å². The fourth-order valence-corrected chi connectivity index (χ4v) is 2.88. The van der Waals surface area contributed by atoms with Crippen LogP contribution in [0.4, 0.5) is 24.7 Å². The quantitative estimate of drug-likeness (QED) is 0.452. The van der Waals surface area contributed by atoms with Crippen LogP contribution in [0.15, 0.2) is 41.5 Å². The summed E-state index contributed by atoms with van der Waals surface area (Å²) < 4.78 is 40.4. The average Bonchev–Trinajstić information content (AvgIpc) is 2.67. The van der Waals surface area contributed by atoms with E-state index in [4.69, 9.17) is 11.6 Å². The van der Waals surface area contributed by atoms with Crippen LogP contribution in [0.5, 0.6) is 5.75 Å². The van der Waals surface area contributed by atoms with Crippen molar-refractivity contribution in [2.75, 3.05) is 31.1 Å². The lowest BCUT2D eigenvalue weighted by molar-refractivity contribution is -0.274. The molecule has 1 fully saturated rings. The first kappa shape index (κ1) is 20.0. The van der Waals surface area contributed by atoms with E-state index in [1.807, 2.05) is 10.4 Å². The number of hydrogen-bond donors (Lipinski definition) is 2. The van der Waals surface area contributed by atoms with Crippen LogP contribution in [-0.2, 0) is 0 Å². The number of nitrogens with one attached hydrogen (secondary N) is 1. The van der Waals surface area contributed by atoms with Gasteiger partial charge in [0.15, 0.2) is 5.82 Å². The van der Waals surface area contributed by atoms with Crippen LogP contribution in [0.2, 0.25) is 5.02 Å². The summed E-state index contributed by atoms with van der Waals surface area (Å²) in [4.78, 5) is 7.98. The molecule has 1 aromatic carbocycles. The number of halogens is 4. The third kappa shape index (κ3) is 5.14. The van der Waals surface area contributed by atoms with Gasteiger partial charge in [0.25, 0.3) is 0 Å². The summed E-state index contributed by atoms with van der Waals surface area (Å²) >= 11 is 6.13. The molecule has 0 atom stereocenters. The number of anilines is 1. The van der Waals surface area contributed by atoms with Crippen LogP contribution in [0.1, 0.15) is 0 Å². The number of piperazine rings is 1. The fraction of sp³-hybridized carbons (Fsp3) is 0.312. The zero-order valence-corrected chi connectivity index (χ0v) is 15.2. The van der Waals surface area contributed by atoms with Crippen molar-refractivity contribution in [1.29, 1.82) is 0 Å². The second-order valence-electron chi connectivity index (χ2n) is 5.77. The molecule has 0 radical (unpaired) electrons. The van der Waals surface area contributed by atoms with Gasteiger partial charge in [0, 0.05) is 26.2 Å². The second kappa shape index (κ2) is 8.48. The minimum absolute atomic E-state index is 0.175. The van der Waals surface area contributed by atoms with Crippen LogP contribution in [0.25, 0.3) is 0 Å². The van der Waals surface area contributed by atoms with Crippen LogP contribution in [0.3, 0.4) is 0 Å². The third-order valence-electron chi connectivity index (χ3n) is 3.94. The van der Waals surface area contributed by atoms with Crippen molar-refractivity contribution in [2.24, 2.45) is 4.99 Å². The van der Waals surface area contributed by atoms with Gasteiger partial charge in [0.1, 0.15) is 5.75 Å². The second-order valence-corrected chi connectivity index (χ2v) is 6.17. The summed E-state index contributed by atoms with van der Waals surface area (Å²) in [6.07, 6.45) is -3.25. The number of hydroxylamine groups is 1. The van der Waals surface area contributed by atoms with Gasteiger partial charge in [0.05, 0.1) is 16.9 Å². The molecule has 28 heavy (non-hydrogen) atoms. The molecule has 1 aliphatic rings. The molecule has 1 saturated heterocycles. The van der Waals surface area contributed by atoms with E-state index < -0.39 is 6.36 Å². The molecule has 3 rings (SSSR count). The monoisotopic (exact) mass is 416 g/mol. The minimum Gasteiger partial charge on any atom is -0.406 e. The Bertz CT molecular complexity index is 826. The lowest BCUT2D eigenvalue weighted by Crippen LogP contribution is -2.52. The van der Waals surface area contributed by atoms with Crippen molar-refractivity contribution in [2.45, 2.75) is 6.36 Å². The maximum absolute atomic E-state index is 12.2. The number of hydrogen-bond acceptors (Lipinski definition) is 6. The third-order valence-corrected chi connectivity index (χ3v) is 4.23. The number of benzene rings is 1. The van der Waals surface area contributed by atoms with Crippen molar-refractivity contribution in [1.82, 2.24) is 20.6 Å². The first-order chi connectivity index (χ1) is 13.4. The summed E-state index contributed by atoms with van der Waals surface area (Å²) in [5.74, 6) is 0.410. The Morgan fingerprint density at radius 3 is 2.39 bits per heavy atom. The van der Waals surface area contributed by atoms with Crippen LogP contribution >= 0.6 is 11.6 Å². The van der Waals surface area contributed by atoms with Gasteiger partial charge in [-0.15, -0.1) is 18.3 Å². The topological polar surface area (TPSA) is 86.1 Å². The number of alkyl halides is 3. The number of nitrogens with zero attached hydrogens (tertiary/aromatic N) is 5. The Labute approximate surface area is 163 Å². The highest BCUT2D eigenvalue weighted by Gasteiger charge is 2.31. The largest absolute Gasteiger partial charge is 0.573 e. The molecule has 0 bridgehead atoms. The summed E-state index contributed by atoms with van der Waals surface area (Å²) in [5, 5.41) is 17.8. The number of aromatic nitrogens is 2. The molecule has 2 N–H and O–H groups in total. The first-order valence-electron chi connectivity index (χ1n) is 8.17. The highest BCUT2D eigenvalue weighted by atomic mass is 35.5. The molecule has 0 saturated carbocycles. The van der Waals surface area contributed by atoms with E-state index in [1.54, 1.807) is 11.0 Å². The van der Waals surface area contributed by atoms with Crippen molar-refractivity contribution in [3.8, 4) is 5.75 Å². The summed E-state index contributed by atoms with van der Waals surface area (Å²) in [5.41, 5.74) is 2.38. The van der Waals surface area contributed by atoms with Crippen molar-refractivity contribution < 1.29 is 23.1 Å². The maximum Gasteiger partial charge on any atom is 0.573 e. The lowest BCUT2D eigenvalue weighted by atomic mass is 10.3. The highest BCUT2D eigenvalue weighted by molar-refractivity contribution is 6.32. The first-order valence-corrected chi connectivity index (χ1v) is 8.55. The maximum atomic E-state index is 12.2. The number of rotatable bonds is 3. The molecule has 150 valence electrons. The smallest absolute Gasteiger partial charge is 0.406 e. The summed E-state index contributed by atoms with van der Waals surface area (Å²) in [7, 11) is 0. The minimum atomic E-state index is -4.76. The molecular weight excluding hydrogens is 401 g/mol. The molecule has 12 heteroatoms. The Balaban J connectivity index is 1.65. The zero-order valence-electron chi connectivity index (χ0n) is 14.4. The number of guanidine groups is 1. The van der Waals surface area contributed by atoms with Crippen molar-refractivity contribution >= 4 is 29.1 Å². The van der Waals surface area contributed by atoms with E-state index in [0.29, 0.717) is 42.7 Å². The molecule has 2 heterocycles. The van der Waals surface area contributed by atoms with Gasteiger partial charge >= 0.3 is 6.36 Å². The van der Waals surface area contributed by atoms with Crippen molar-refractivity contribution in [3.05, 3.63) is 41.6 Å². The predicted octanol–water partition coefficient (Wildman–Crippen LogP) is 2.82. The highest BCUT2D eigenvalue weighted by Crippen LogP contribution is 2.25. The van der Waals surface area contributed by atoms with Gasteiger partial charge in [-0.25, -0.2) is 10.5 Å². The summed E-state index contributed by atoms with van der Waals surface area (Å²) in [6, 6.07) is 6.66. The predicted molar refractivity (Wildman–Crippen MR) is 96.0 cm³/mol. The lowest BCUT2D eigenvalue weighted by Gasteiger charge is -2.36. The van der Waals surface area contributed by atoms with E-state index in [-0.39, 0.29) is 11.7 Å². The Hall–Kier alpha value is -2.79. The fourth-order valence-electron chi connectivity index (χ4n) is 2.66. The van der Waals surface area contributed by atoms with E-state index in [9.17, 15) is 18.4 Å². The van der Waals surface area contributed by atoms with Crippen LogP contribution in [0, 0.1) is 0 Å².